The van der Waals surface area contributed by atoms with E-state index in [1.807, 2.05) is 30.7 Å². The van der Waals surface area contributed by atoms with Crippen LogP contribution in [-0.4, -0.2) is 27.4 Å². The van der Waals surface area contributed by atoms with Crippen LogP contribution in [-0.2, 0) is 6.54 Å². The van der Waals surface area contributed by atoms with Gasteiger partial charge in [-0.15, -0.1) is 0 Å². The summed E-state index contributed by atoms with van der Waals surface area (Å²) in [6, 6.07) is 7.00. The van der Waals surface area contributed by atoms with Crippen molar-refractivity contribution in [2.24, 2.45) is 0 Å². The van der Waals surface area contributed by atoms with E-state index >= 15 is 0 Å². The maximum absolute atomic E-state index is 13.8. The van der Waals surface area contributed by atoms with E-state index in [9.17, 15) is 9.65 Å². The normalized spacial score (nSPS) is 17.7. The van der Waals surface area contributed by atoms with E-state index < -0.39 is 5.82 Å². The summed E-state index contributed by atoms with van der Waals surface area (Å²) in [5.74, 6) is 1.17. The average Bonchev–Trinajstić information content (AvgIpc) is 3.06. The van der Waals surface area contributed by atoms with Gasteiger partial charge in [0.15, 0.2) is 0 Å². The largest absolute Gasteiger partial charge is 0.366 e. The molecule has 1 aromatic heterocycles. The number of nitriles is 1. The summed E-state index contributed by atoms with van der Waals surface area (Å²) in [4.78, 5) is 6.44. The van der Waals surface area contributed by atoms with Crippen LogP contribution >= 0.6 is 0 Å². The van der Waals surface area contributed by atoms with Crippen molar-refractivity contribution in [1.82, 2.24) is 14.8 Å². The summed E-state index contributed by atoms with van der Waals surface area (Å²) in [5.41, 5.74) is 0.806. The Hall–Kier alpha value is -2.42. The van der Waals surface area contributed by atoms with Crippen LogP contribution in [0.25, 0.3) is 0 Å². The highest BCUT2D eigenvalue weighted by Gasteiger charge is 2.28. The molecule has 1 aromatic carbocycles. The molecule has 2 heterocycles. The average molecular weight is 299 g/mol. The zero-order chi connectivity index (χ0) is 15.7. The van der Waals surface area contributed by atoms with Crippen LogP contribution in [0.5, 0.6) is 0 Å². The Labute approximate surface area is 129 Å². The summed E-state index contributed by atoms with van der Waals surface area (Å²) < 4.78 is 15.7. The first kappa shape index (κ1) is 14.5. The van der Waals surface area contributed by atoms with Gasteiger partial charge in [-0.1, -0.05) is 6.07 Å². The lowest BCUT2D eigenvalue weighted by Gasteiger charge is -2.27. The molecule has 1 unspecified atom stereocenters. The van der Waals surface area contributed by atoms with Gasteiger partial charge >= 0.3 is 0 Å². The molecule has 0 N–H and O–H groups in total. The van der Waals surface area contributed by atoms with E-state index in [0.717, 1.165) is 31.0 Å². The molecule has 5 nitrogen and oxygen atoms in total. The predicted molar refractivity (Wildman–Crippen MR) is 81.0 cm³/mol. The summed E-state index contributed by atoms with van der Waals surface area (Å²) >= 11 is 0. The summed E-state index contributed by atoms with van der Waals surface area (Å²) in [6.45, 7) is 5.34. The van der Waals surface area contributed by atoms with Gasteiger partial charge in [0.1, 0.15) is 29.1 Å². The van der Waals surface area contributed by atoms with Gasteiger partial charge < -0.3 is 4.90 Å². The SMILES string of the molecule is Cc1nc(C)n(CC2CCCN2c2cccc(F)c2C#N)n1. The fourth-order valence-electron chi connectivity index (χ4n) is 3.14. The molecule has 0 spiro atoms. The Balaban J connectivity index is 1.90. The molecule has 3 rings (SSSR count). The summed E-state index contributed by atoms with van der Waals surface area (Å²) in [5, 5.41) is 13.6. The molecule has 114 valence electrons. The smallest absolute Gasteiger partial charge is 0.147 e. The predicted octanol–water partition coefficient (Wildman–Crippen LogP) is 2.57. The van der Waals surface area contributed by atoms with Gasteiger partial charge in [0.05, 0.1) is 12.2 Å². The van der Waals surface area contributed by atoms with Gasteiger partial charge in [-0.2, -0.15) is 10.4 Å². The molecular weight excluding hydrogens is 281 g/mol. The van der Waals surface area contributed by atoms with Crippen LogP contribution in [0.3, 0.4) is 0 Å². The number of benzene rings is 1. The molecule has 2 aromatic rings. The molecule has 0 amide bonds. The fraction of sp³-hybridized carbons (Fsp3) is 0.438. The number of halogens is 1. The molecule has 1 saturated heterocycles. The van der Waals surface area contributed by atoms with Crippen molar-refractivity contribution in [2.75, 3.05) is 11.4 Å². The van der Waals surface area contributed by atoms with E-state index in [1.54, 1.807) is 6.07 Å². The lowest BCUT2D eigenvalue weighted by molar-refractivity contribution is 0.496. The molecule has 0 saturated carbocycles. The zero-order valence-electron chi connectivity index (χ0n) is 12.8. The molecule has 1 atom stereocenters. The van der Waals surface area contributed by atoms with Gasteiger partial charge in [-0.05, 0) is 38.8 Å². The van der Waals surface area contributed by atoms with Crippen molar-refractivity contribution in [3.05, 3.63) is 41.2 Å². The molecular formula is C16H18FN5. The molecule has 1 fully saturated rings. The number of anilines is 1. The summed E-state index contributed by atoms with van der Waals surface area (Å²) in [7, 11) is 0. The highest BCUT2D eigenvalue weighted by Crippen LogP contribution is 2.30. The topological polar surface area (TPSA) is 57.7 Å². The van der Waals surface area contributed by atoms with Crippen LogP contribution in [0.2, 0.25) is 0 Å². The highest BCUT2D eigenvalue weighted by molar-refractivity contribution is 5.61. The van der Waals surface area contributed by atoms with E-state index in [4.69, 9.17) is 0 Å². The molecule has 6 heteroatoms. The van der Waals surface area contributed by atoms with Gasteiger partial charge in [0, 0.05) is 12.6 Å². The van der Waals surface area contributed by atoms with Gasteiger partial charge in [-0.3, -0.25) is 0 Å². The second-order valence-corrected chi connectivity index (χ2v) is 5.62. The van der Waals surface area contributed by atoms with Crippen LogP contribution < -0.4 is 4.90 Å². The Bertz CT molecular complexity index is 731. The Morgan fingerprint density at radius 1 is 1.41 bits per heavy atom. The van der Waals surface area contributed by atoms with Crippen molar-refractivity contribution in [3.63, 3.8) is 0 Å². The number of rotatable bonds is 3. The lowest BCUT2D eigenvalue weighted by Crippen LogP contribution is -2.34. The van der Waals surface area contributed by atoms with Crippen molar-refractivity contribution < 1.29 is 4.39 Å². The minimum absolute atomic E-state index is 0.126. The van der Waals surface area contributed by atoms with Gasteiger partial charge in [0.2, 0.25) is 0 Å². The zero-order valence-corrected chi connectivity index (χ0v) is 12.8. The maximum atomic E-state index is 13.8. The minimum Gasteiger partial charge on any atom is -0.366 e. The number of nitrogens with zero attached hydrogens (tertiary/aromatic N) is 5. The number of aromatic nitrogens is 3. The maximum Gasteiger partial charge on any atom is 0.147 e. The first-order valence-electron chi connectivity index (χ1n) is 7.43. The monoisotopic (exact) mass is 299 g/mol. The second kappa shape index (κ2) is 5.76. The molecule has 1 aliphatic heterocycles. The van der Waals surface area contributed by atoms with Crippen LogP contribution in [0, 0.1) is 31.0 Å². The minimum atomic E-state index is -0.460. The fourth-order valence-corrected chi connectivity index (χ4v) is 3.14. The lowest BCUT2D eigenvalue weighted by atomic mass is 10.1. The van der Waals surface area contributed by atoms with Crippen LogP contribution in [0.15, 0.2) is 18.2 Å². The van der Waals surface area contributed by atoms with Gasteiger partial charge in [-0.25, -0.2) is 14.1 Å². The Morgan fingerprint density at radius 3 is 2.91 bits per heavy atom. The first-order valence-corrected chi connectivity index (χ1v) is 7.43. The molecule has 0 radical (unpaired) electrons. The third-order valence-electron chi connectivity index (χ3n) is 4.14. The van der Waals surface area contributed by atoms with Crippen LogP contribution in [0.4, 0.5) is 10.1 Å². The number of aryl methyl sites for hydroxylation is 2. The number of hydrogen-bond acceptors (Lipinski definition) is 4. The molecule has 0 bridgehead atoms. The first-order chi connectivity index (χ1) is 10.6. The third kappa shape index (κ3) is 2.54. The van der Waals surface area contributed by atoms with Crippen molar-refractivity contribution in [3.8, 4) is 6.07 Å². The van der Waals surface area contributed by atoms with E-state index in [1.165, 1.54) is 6.07 Å². The molecule has 1 aliphatic rings. The molecule has 0 aliphatic carbocycles. The van der Waals surface area contributed by atoms with Gasteiger partial charge in [0.25, 0.3) is 0 Å². The van der Waals surface area contributed by atoms with Crippen LogP contribution in [0.1, 0.15) is 30.1 Å². The highest BCUT2D eigenvalue weighted by atomic mass is 19.1. The van der Waals surface area contributed by atoms with E-state index in [0.29, 0.717) is 12.2 Å². The van der Waals surface area contributed by atoms with Crippen molar-refractivity contribution >= 4 is 5.69 Å². The van der Waals surface area contributed by atoms with Crippen molar-refractivity contribution in [2.45, 2.75) is 39.3 Å². The standard InChI is InChI=1S/C16H18FN5/c1-11-19-12(2)22(20-11)10-13-5-4-8-21(13)16-7-3-6-15(17)14(16)9-18/h3,6-7,13H,4-5,8,10H2,1-2H3. The number of hydrogen-bond donors (Lipinski definition) is 0. The second-order valence-electron chi connectivity index (χ2n) is 5.62. The molecule has 22 heavy (non-hydrogen) atoms. The Kier molecular flexibility index (Phi) is 3.80. The Morgan fingerprint density at radius 2 is 2.23 bits per heavy atom. The third-order valence-corrected chi connectivity index (χ3v) is 4.14. The summed E-state index contributed by atoms with van der Waals surface area (Å²) in [6.07, 6.45) is 2.03. The van der Waals surface area contributed by atoms with Crippen molar-refractivity contribution in [1.29, 1.82) is 5.26 Å². The quantitative estimate of drug-likeness (QED) is 0.874. The van der Waals surface area contributed by atoms with E-state index in [2.05, 4.69) is 15.0 Å². The van der Waals surface area contributed by atoms with E-state index in [-0.39, 0.29) is 11.6 Å².